The van der Waals surface area contributed by atoms with Crippen LogP contribution in [0.4, 0.5) is 0 Å². The van der Waals surface area contributed by atoms with Crippen LogP contribution in [-0.2, 0) is 27.7 Å². The van der Waals surface area contributed by atoms with E-state index in [1.165, 1.54) is 76.2 Å². The van der Waals surface area contributed by atoms with Crippen molar-refractivity contribution in [2.75, 3.05) is 0 Å². The van der Waals surface area contributed by atoms with Gasteiger partial charge >= 0.3 is 209 Å². The molecule has 2 saturated carbocycles. The molecule has 1 heteroatoms. The molecule has 4 aliphatic rings. The third-order valence-corrected chi connectivity index (χ3v) is 17.8. The molecule has 0 bridgehead atoms. The van der Waals surface area contributed by atoms with Gasteiger partial charge in [-0.2, -0.15) is 0 Å². The molecule has 4 aliphatic carbocycles. The number of hydrogen-bond donors (Lipinski definition) is 0. The number of allylic oxidation sites excluding steroid dienone is 4. The first-order chi connectivity index (χ1) is 16.3. The summed E-state index contributed by atoms with van der Waals surface area (Å²) < 4.78 is 5.91. The van der Waals surface area contributed by atoms with Crippen molar-refractivity contribution in [1.29, 1.82) is 0 Å². The van der Waals surface area contributed by atoms with Crippen molar-refractivity contribution >= 4 is 6.48 Å². The molecular weight excluding hydrogens is 476 g/mol. The average Bonchev–Trinajstić information content (AvgIpc) is 3.47. The van der Waals surface area contributed by atoms with Gasteiger partial charge in [0.15, 0.2) is 0 Å². The third-order valence-electron chi connectivity index (χ3n) is 8.97. The van der Waals surface area contributed by atoms with E-state index in [0.29, 0.717) is 0 Å². The van der Waals surface area contributed by atoms with Gasteiger partial charge in [-0.25, -0.2) is 0 Å². The molecule has 0 saturated heterocycles. The quantitative estimate of drug-likeness (QED) is 0.331. The van der Waals surface area contributed by atoms with E-state index in [0.717, 1.165) is 18.3 Å². The van der Waals surface area contributed by atoms with E-state index in [1.54, 1.807) is 22.3 Å². The second kappa shape index (κ2) is 9.73. The van der Waals surface area contributed by atoms with Crippen molar-refractivity contribution in [3.05, 3.63) is 74.6 Å². The van der Waals surface area contributed by atoms with E-state index in [-0.39, 0.29) is 0 Å². The number of hydrogen-bond acceptors (Lipinski definition) is 0. The van der Waals surface area contributed by atoms with Gasteiger partial charge in [-0.3, -0.25) is 0 Å². The van der Waals surface area contributed by atoms with Crippen molar-refractivity contribution in [3.63, 3.8) is 0 Å². The molecule has 0 heterocycles. The molecule has 33 heavy (non-hydrogen) atoms. The summed E-state index contributed by atoms with van der Waals surface area (Å²) in [7, 11) is 0. The Balaban J connectivity index is 1.58. The van der Waals surface area contributed by atoms with Gasteiger partial charge in [0.2, 0.25) is 0 Å². The molecule has 170 valence electrons. The minimum absolute atomic E-state index is 0.914. The molecule has 6 rings (SSSR count). The fraction of sp³-hybridized carbons (Fsp3) is 0.469. The van der Waals surface area contributed by atoms with Crippen LogP contribution in [0.2, 0.25) is 0 Å². The molecule has 0 amide bonds. The molecule has 2 aromatic rings. The Kier molecular flexibility index (Phi) is 6.54. The summed E-state index contributed by atoms with van der Waals surface area (Å²) >= 11 is -2.21. The molecule has 0 unspecified atom stereocenters. The Morgan fingerprint density at radius 1 is 0.758 bits per heavy atom. The summed E-state index contributed by atoms with van der Waals surface area (Å²) in [5.74, 6) is 1.83. The maximum absolute atomic E-state index is 2.60. The van der Waals surface area contributed by atoms with Gasteiger partial charge in [0.05, 0.1) is 0 Å². The molecule has 2 aromatic carbocycles. The SMILES string of the molecule is CC1=[C]([Zr](=[C](C2CCCCC2)C2CCCCC2)[c]2cccc3c2Cc2ccccc2-3)CC=C1. The van der Waals surface area contributed by atoms with E-state index in [4.69, 9.17) is 0 Å². The summed E-state index contributed by atoms with van der Waals surface area (Å²) in [4.78, 5) is 0. The first kappa shape index (κ1) is 22.2. The van der Waals surface area contributed by atoms with Gasteiger partial charge in [0.1, 0.15) is 0 Å². The molecule has 0 nitrogen and oxygen atoms in total. The molecular formula is C32H38Zr. The Bertz CT molecular complexity index is 1110. The summed E-state index contributed by atoms with van der Waals surface area (Å²) in [6, 6.07) is 16.6. The Labute approximate surface area is 208 Å². The zero-order valence-electron chi connectivity index (χ0n) is 20.3. The summed E-state index contributed by atoms with van der Waals surface area (Å²) in [5.41, 5.74) is 7.95. The normalized spacial score (nSPS) is 20.8. The van der Waals surface area contributed by atoms with Gasteiger partial charge in [-0.15, -0.1) is 0 Å². The van der Waals surface area contributed by atoms with Crippen molar-refractivity contribution < 1.29 is 21.3 Å². The number of benzene rings is 2. The van der Waals surface area contributed by atoms with E-state index in [2.05, 4.69) is 64.7 Å². The first-order valence-electron chi connectivity index (χ1n) is 13.6. The van der Waals surface area contributed by atoms with Gasteiger partial charge < -0.3 is 0 Å². The summed E-state index contributed by atoms with van der Waals surface area (Å²) in [6.45, 7) is 2.43. The number of rotatable bonds is 4. The van der Waals surface area contributed by atoms with Crippen molar-refractivity contribution in [2.24, 2.45) is 11.8 Å². The molecule has 0 aromatic heterocycles. The van der Waals surface area contributed by atoms with Crippen LogP contribution in [0.3, 0.4) is 0 Å². The maximum atomic E-state index is 2.60. The van der Waals surface area contributed by atoms with Crippen LogP contribution >= 0.6 is 0 Å². The Morgan fingerprint density at radius 3 is 2.09 bits per heavy atom. The van der Waals surface area contributed by atoms with Crippen LogP contribution in [0.25, 0.3) is 11.1 Å². The van der Waals surface area contributed by atoms with Crippen LogP contribution < -0.4 is 3.27 Å². The van der Waals surface area contributed by atoms with Crippen molar-refractivity contribution in [3.8, 4) is 11.1 Å². The zero-order chi connectivity index (χ0) is 22.2. The van der Waals surface area contributed by atoms with Crippen LogP contribution in [0.5, 0.6) is 0 Å². The van der Waals surface area contributed by atoms with Gasteiger partial charge in [0, 0.05) is 0 Å². The monoisotopic (exact) mass is 512 g/mol. The second-order valence-electron chi connectivity index (χ2n) is 10.9. The fourth-order valence-corrected chi connectivity index (χ4v) is 17.1. The van der Waals surface area contributed by atoms with E-state index >= 15 is 0 Å². The fourth-order valence-electron chi connectivity index (χ4n) is 7.37. The van der Waals surface area contributed by atoms with E-state index in [1.807, 2.05) is 6.55 Å². The zero-order valence-corrected chi connectivity index (χ0v) is 22.8. The second-order valence-corrected chi connectivity index (χ2v) is 17.0. The van der Waals surface area contributed by atoms with Crippen molar-refractivity contribution in [2.45, 2.75) is 84.0 Å². The van der Waals surface area contributed by atoms with Crippen LogP contribution in [-0.4, -0.2) is 3.21 Å². The Morgan fingerprint density at radius 2 is 1.42 bits per heavy atom. The number of fused-ring (bicyclic) bond motifs is 3. The summed E-state index contributed by atoms with van der Waals surface area (Å²) in [6.07, 6.45) is 22.0. The van der Waals surface area contributed by atoms with Crippen molar-refractivity contribution in [1.82, 2.24) is 0 Å². The van der Waals surface area contributed by atoms with Gasteiger partial charge in [-0.05, 0) is 0 Å². The molecule has 0 atom stereocenters. The standard InChI is InChI=1S/C13H9.C13H22.C6H7.Zr/c1-3-7-12-10(5-1)9-11-6-2-4-8-13(11)12;1-3-7-12(8-4-1)11-13-9-5-2-6-10-13;1-6-4-2-3-5-6;/h1-5,7-8H,9H2;12-13H,1-10H2;2,4H,3H2,1H3;. The third kappa shape index (κ3) is 4.18. The van der Waals surface area contributed by atoms with E-state index < -0.39 is 21.3 Å². The molecule has 0 radical (unpaired) electrons. The van der Waals surface area contributed by atoms with E-state index in [9.17, 15) is 0 Å². The summed E-state index contributed by atoms with van der Waals surface area (Å²) in [5, 5.41) is 0. The van der Waals surface area contributed by atoms with Crippen LogP contribution in [0, 0.1) is 11.8 Å². The minimum atomic E-state index is -2.21. The molecule has 0 N–H and O–H groups in total. The van der Waals surface area contributed by atoms with Gasteiger partial charge in [0.25, 0.3) is 0 Å². The van der Waals surface area contributed by atoms with Crippen LogP contribution in [0.1, 0.15) is 88.7 Å². The van der Waals surface area contributed by atoms with Gasteiger partial charge in [-0.1, -0.05) is 0 Å². The topological polar surface area (TPSA) is 0 Å². The molecule has 2 fully saturated rings. The Hall–Kier alpha value is -1.33. The predicted octanol–water partition coefficient (Wildman–Crippen LogP) is 8.07. The first-order valence-corrected chi connectivity index (χ1v) is 17.3. The molecule has 0 aliphatic heterocycles. The average molecular weight is 514 g/mol. The van der Waals surface area contributed by atoms with Crippen LogP contribution in [0.15, 0.2) is 63.5 Å². The predicted molar refractivity (Wildman–Crippen MR) is 139 cm³/mol. The molecule has 0 spiro atoms.